The van der Waals surface area contributed by atoms with Crippen molar-refractivity contribution in [1.29, 1.82) is 0 Å². The van der Waals surface area contributed by atoms with E-state index in [4.69, 9.17) is 9.47 Å². The van der Waals surface area contributed by atoms with Crippen LogP contribution in [0.4, 0.5) is 0 Å². The van der Waals surface area contributed by atoms with Gasteiger partial charge in [-0.05, 0) is 36.8 Å². The highest BCUT2D eigenvalue weighted by molar-refractivity contribution is 5.87. The Hall–Kier alpha value is -1.97. The Labute approximate surface area is 151 Å². The van der Waals surface area contributed by atoms with Crippen LogP contribution in [0.3, 0.4) is 0 Å². The van der Waals surface area contributed by atoms with Gasteiger partial charge >= 0.3 is 5.97 Å². The van der Waals surface area contributed by atoms with Crippen molar-refractivity contribution in [1.82, 2.24) is 0 Å². The van der Waals surface area contributed by atoms with Crippen LogP contribution in [0.5, 0.6) is 11.5 Å². The molecule has 1 atom stereocenters. The second-order valence-corrected chi connectivity index (χ2v) is 8.67. The van der Waals surface area contributed by atoms with Gasteiger partial charge in [-0.2, -0.15) is 0 Å². The number of aromatic hydroxyl groups is 1. The van der Waals surface area contributed by atoms with Crippen molar-refractivity contribution in [2.24, 2.45) is 0 Å². The van der Waals surface area contributed by atoms with Gasteiger partial charge in [-0.25, -0.2) is 4.79 Å². The van der Waals surface area contributed by atoms with Gasteiger partial charge in [0.05, 0.1) is 0 Å². The van der Waals surface area contributed by atoms with E-state index in [0.29, 0.717) is 17.1 Å². The Morgan fingerprint density at radius 1 is 1.12 bits per heavy atom. The molecule has 0 saturated carbocycles. The van der Waals surface area contributed by atoms with Gasteiger partial charge < -0.3 is 14.6 Å². The van der Waals surface area contributed by atoms with Crippen molar-refractivity contribution < 1.29 is 19.4 Å². The zero-order valence-electron chi connectivity index (χ0n) is 16.8. The van der Waals surface area contributed by atoms with Crippen molar-refractivity contribution in [2.45, 2.75) is 72.3 Å². The lowest BCUT2D eigenvalue weighted by Crippen LogP contribution is -2.23. The van der Waals surface area contributed by atoms with Gasteiger partial charge in [0.15, 0.2) is 0 Å². The molecule has 0 spiro atoms. The van der Waals surface area contributed by atoms with Crippen LogP contribution in [0.2, 0.25) is 0 Å². The minimum atomic E-state index is -0.424. The van der Waals surface area contributed by atoms with E-state index < -0.39 is 12.1 Å². The van der Waals surface area contributed by atoms with E-state index in [-0.39, 0.29) is 17.4 Å². The molecule has 1 aromatic carbocycles. The molecule has 1 rings (SSSR count). The Kier molecular flexibility index (Phi) is 6.33. The van der Waals surface area contributed by atoms with E-state index in [2.05, 4.69) is 48.1 Å². The molecule has 140 valence electrons. The third kappa shape index (κ3) is 5.80. The third-order valence-corrected chi connectivity index (χ3v) is 3.84. The van der Waals surface area contributed by atoms with E-state index in [9.17, 15) is 9.90 Å². The highest BCUT2D eigenvalue weighted by Gasteiger charge is 2.27. The number of rotatable bonds is 5. The Bertz CT molecular complexity index is 610. The molecule has 1 N–H and O–H groups in total. The summed E-state index contributed by atoms with van der Waals surface area (Å²) in [5, 5.41) is 10.7. The number of hydrogen-bond donors (Lipinski definition) is 1. The number of phenolic OH excluding ortho intramolecular Hbond substituents is 1. The van der Waals surface area contributed by atoms with E-state index >= 15 is 0 Å². The topological polar surface area (TPSA) is 55.8 Å². The molecule has 1 unspecified atom stereocenters. The summed E-state index contributed by atoms with van der Waals surface area (Å²) in [4.78, 5) is 11.6. The molecule has 0 saturated heterocycles. The molecule has 4 nitrogen and oxygen atoms in total. The Morgan fingerprint density at radius 2 is 1.56 bits per heavy atom. The number of carbonyl (C=O) groups is 1. The third-order valence-electron chi connectivity index (χ3n) is 3.84. The van der Waals surface area contributed by atoms with E-state index in [0.717, 1.165) is 11.1 Å². The first-order valence-electron chi connectivity index (χ1n) is 8.60. The molecule has 4 heteroatoms. The fourth-order valence-electron chi connectivity index (χ4n) is 2.37. The quantitative estimate of drug-likeness (QED) is 0.609. The average molecular weight is 348 g/mol. The number of hydrogen-bond acceptors (Lipinski definition) is 4. The van der Waals surface area contributed by atoms with Crippen LogP contribution in [0.1, 0.15) is 66.5 Å². The highest BCUT2D eigenvalue weighted by Crippen LogP contribution is 2.41. The van der Waals surface area contributed by atoms with Gasteiger partial charge in [-0.1, -0.05) is 48.1 Å². The first kappa shape index (κ1) is 21.1. The molecule has 1 aromatic rings. The second-order valence-electron chi connectivity index (χ2n) is 8.67. The van der Waals surface area contributed by atoms with Gasteiger partial charge in [0.1, 0.15) is 24.2 Å². The number of esters is 1. The molecule has 0 aliphatic heterocycles. The maximum absolute atomic E-state index is 11.6. The summed E-state index contributed by atoms with van der Waals surface area (Å²) in [6, 6.07) is 3.72. The number of benzene rings is 1. The normalized spacial score (nSPS) is 13.3. The van der Waals surface area contributed by atoms with Crippen molar-refractivity contribution in [2.75, 3.05) is 6.61 Å². The smallest absolute Gasteiger partial charge is 0.333 e. The van der Waals surface area contributed by atoms with Gasteiger partial charge in [0.2, 0.25) is 0 Å². The summed E-state index contributed by atoms with van der Waals surface area (Å²) >= 11 is 0. The van der Waals surface area contributed by atoms with Crippen molar-refractivity contribution in [3.05, 3.63) is 35.4 Å². The number of carbonyl (C=O) groups excluding carboxylic acids is 1. The monoisotopic (exact) mass is 348 g/mol. The molecule has 0 radical (unpaired) electrons. The molecular formula is C21H32O4. The lowest BCUT2D eigenvalue weighted by Gasteiger charge is -2.28. The highest BCUT2D eigenvalue weighted by atomic mass is 16.6. The second kappa shape index (κ2) is 7.51. The van der Waals surface area contributed by atoms with E-state index in [1.807, 2.05) is 12.1 Å². The molecular weight excluding hydrogens is 316 g/mol. The summed E-state index contributed by atoms with van der Waals surface area (Å²) in [5.41, 5.74) is 1.59. The molecule has 0 aliphatic carbocycles. The minimum Gasteiger partial charge on any atom is -0.507 e. The summed E-state index contributed by atoms with van der Waals surface area (Å²) < 4.78 is 11.1. The van der Waals surface area contributed by atoms with Crippen LogP contribution < -0.4 is 4.74 Å². The first-order chi connectivity index (χ1) is 11.2. The summed E-state index contributed by atoms with van der Waals surface area (Å²) in [7, 11) is 0. The van der Waals surface area contributed by atoms with E-state index in [1.54, 1.807) is 13.8 Å². The largest absolute Gasteiger partial charge is 0.507 e. The zero-order chi connectivity index (χ0) is 19.6. The van der Waals surface area contributed by atoms with Crippen LogP contribution in [0.25, 0.3) is 0 Å². The molecule has 0 heterocycles. The predicted octanol–water partition coefficient (Wildman–Crippen LogP) is 4.87. The van der Waals surface area contributed by atoms with Crippen molar-refractivity contribution >= 4 is 5.97 Å². The van der Waals surface area contributed by atoms with Gasteiger partial charge in [0, 0.05) is 16.7 Å². The number of ether oxygens (including phenoxy) is 2. The fraction of sp³-hybridized carbons (Fsp3) is 0.571. The molecule has 0 aliphatic rings. The lowest BCUT2D eigenvalue weighted by molar-refractivity contribution is -0.144. The van der Waals surface area contributed by atoms with Crippen molar-refractivity contribution in [3.63, 3.8) is 0 Å². The Balaban J connectivity index is 3.08. The minimum absolute atomic E-state index is 0.221. The van der Waals surface area contributed by atoms with Crippen LogP contribution in [0, 0.1) is 0 Å². The predicted molar refractivity (Wildman–Crippen MR) is 101 cm³/mol. The summed E-state index contributed by atoms with van der Waals surface area (Å²) in [5.74, 6) is 0.549. The molecule has 0 bridgehead atoms. The van der Waals surface area contributed by atoms with Gasteiger partial charge in [-0.3, -0.25) is 0 Å². The lowest BCUT2D eigenvalue weighted by atomic mass is 9.79. The average Bonchev–Trinajstić information content (AvgIpc) is 2.43. The zero-order valence-corrected chi connectivity index (χ0v) is 16.8. The maximum Gasteiger partial charge on any atom is 0.333 e. The van der Waals surface area contributed by atoms with Gasteiger partial charge in [0.25, 0.3) is 0 Å². The van der Waals surface area contributed by atoms with Crippen LogP contribution in [-0.2, 0) is 20.4 Å². The van der Waals surface area contributed by atoms with E-state index in [1.165, 1.54) is 0 Å². The maximum atomic E-state index is 11.6. The fourth-order valence-corrected chi connectivity index (χ4v) is 2.37. The number of phenols is 1. The summed E-state index contributed by atoms with van der Waals surface area (Å²) in [6.07, 6.45) is -0.394. The van der Waals surface area contributed by atoms with Crippen LogP contribution >= 0.6 is 0 Å². The van der Waals surface area contributed by atoms with Crippen LogP contribution in [-0.4, -0.2) is 23.8 Å². The molecule has 0 fully saturated rings. The first-order valence-corrected chi connectivity index (χ1v) is 8.60. The summed E-state index contributed by atoms with van der Waals surface area (Å²) in [6.45, 7) is 19.5. The molecule has 25 heavy (non-hydrogen) atoms. The molecule has 0 amide bonds. The van der Waals surface area contributed by atoms with Crippen LogP contribution in [0.15, 0.2) is 24.3 Å². The Morgan fingerprint density at radius 3 is 1.92 bits per heavy atom. The van der Waals surface area contributed by atoms with Crippen molar-refractivity contribution in [3.8, 4) is 11.5 Å². The SMILES string of the molecule is C=C(C)C(=O)OC(C)COc1cc(C(C)(C)C)c(O)c(C(C)(C)C)c1. The standard InChI is InChI=1S/C21H32O4/c1-13(2)19(23)25-14(3)12-24-15-10-16(20(4,5)6)18(22)17(11-15)21(7,8)9/h10-11,14,22H,1,12H2,2-9H3. The van der Waals surface area contributed by atoms with Gasteiger partial charge in [-0.15, -0.1) is 0 Å². The molecule has 0 aromatic heterocycles.